The Bertz CT molecular complexity index is 504. The van der Waals surface area contributed by atoms with E-state index in [0.29, 0.717) is 5.75 Å². The van der Waals surface area contributed by atoms with Crippen LogP contribution < -0.4 is 0 Å². The summed E-state index contributed by atoms with van der Waals surface area (Å²) in [5.74, 6) is 0.297. The van der Waals surface area contributed by atoms with Gasteiger partial charge in [0.1, 0.15) is 5.75 Å². The van der Waals surface area contributed by atoms with Crippen molar-refractivity contribution in [1.29, 1.82) is 0 Å². The van der Waals surface area contributed by atoms with Gasteiger partial charge in [-0.3, -0.25) is 0 Å². The van der Waals surface area contributed by atoms with Gasteiger partial charge in [-0.05, 0) is 41.3 Å². The van der Waals surface area contributed by atoms with Crippen molar-refractivity contribution in [3.05, 3.63) is 53.6 Å². The molecule has 2 nitrogen and oxygen atoms in total. The molecule has 0 aliphatic carbocycles. The monoisotopic (exact) mass is 214 g/mol. The highest BCUT2D eigenvalue weighted by Crippen LogP contribution is 2.27. The van der Waals surface area contributed by atoms with Crippen LogP contribution in [0.1, 0.15) is 11.1 Å². The van der Waals surface area contributed by atoms with E-state index in [9.17, 15) is 10.2 Å². The Morgan fingerprint density at radius 3 is 2.50 bits per heavy atom. The molecule has 0 aliphatic heterocycles. The third-order valence-corrected chi connectivity index (χ3v) is 2.70. The number of hydrogen-bond acceptors (Lipinski definition) is 2. The molecule has 2 aromatic rings. The summed E-state index contributed by atoms with van der Waals surface area (Å²) < 4.78 is 0. The summed E-state index contributed by atoms with van der Waals surface area (Å²) >= 11 is 0. The van der Waals surface area contributed by atoms with Gasteiger partial charge in [0, 0.05) is 0 Å². The minimum Gasteiger partial charge on any atom is -0.508 e. The minimum absolute atomic E-state index is 0.0239. The summed E-state index contributed by atoms with van der Waals surface area (Å²) in [7, 11) is 0. The maximum atomic E-state index is 9.47. The molecule has 0 atom stereocenters. The van der Waals surface area contributed by atoms with Gasteiger partial charge in [0.15, 0.2) is 0 Å². The van der Waals surface area contributed by atoms with Crippen molar-refractivity contribution >= 4 is 0 Å². The molecule has 0 unspecified atom stereocenters. The number of hydrogen-bond donors (Lipinski definition) is 2. The van der Waals surface area contributed by atoms with Gasteiger partial charge < -0.3 is 10.2 Å². The fraction of sp³-hybridized carbons (Fsp3) is 0.143. The van der Waals surface area contributed by atoms with Crippen molar-refractivity contribution in [2.24, 2.45) is 0 Å². The van der Waals surface area contributed by atoms with Gasteiger partial charge in [-0.2, -0.15) is 0 Å². The Kier molecular flexibility index (Phi) is 2.93. The number of aromatic hydroxyl groups is 1. The van der Waals surface area contributed by atoms with E-state index in [0.717, 1.165) is 22.3 Å². The molecule has 0 amide bonds. The Labute approximate surface area is 94.8 Å². The van der Waals surface area contributed by atoms with E-state index in [-0.39, 0.29) is 6.61 Å². The molecule has 2 aromatic carbocycles. The van der Waals surface area contributed by atoms with Crippen LogP contribution in [0, 0.1) is 6.92 Å². The molecule has 0 saturated carbocycles. The quantitative estimate of drug-likeness (QED) is 0.807. The Morgan fingerprint density at radius 1 is 1.06 bits per heavy atom. The van der Waals surface area contributed by atoms with E-state index in [1.807, 2.05) is 43.3 Å². The Balaban J connectivity index is 2.54. The summed E-state index contributed by atoms with van der Waals surface area (Å²) in [4.78, 5) is 0. The van der Waals surface area contributed by atoms with Crippen LogP contribution in [0.2, 0.25) is 0 Å². The highest BCUT2D eigenvalue weighted by Gasteiger charge is 2.05. The van der Waals surface area contributed by atoms with Crippen LogP contribution in [0.3, 0.4) is 0 Å². The fourth-order valence-corrected chi connectivity index (χ4v) is 1.76. The van der Waals surface area contributed by atoms with Crippen molar-refractivity contribution < 1.29 is 10.2 Å². The molecule has 82 valence electrons. The molecule has 0 radical (unpaired) electrons. The van der Waals surface area contributed by atoms with Gasteiger partial charge in [0.05, 0.1) is 6.61 Å². The third kappa shape index (κ3) is 1.92. The second-order valence-corrected chi connectivity index (χ2v) is 3.82. The van der Waals surface area contributed by atoms with Crippen molar-refractivity contribution in [1.82, 2.24) is 0 Å². The number of aliphatic hydroxyl groups excluding tert-OH is 1. The maximum Gasteiger partial charge on any atom is 0.118 e. The van der Waals surface area contributed by atoms with Crippen molar-refractivity contribution in [3.63, 3.8) is 0 Å². The molecular weight excluding hydrogens is 200 g/mol. The number of phenolic OH excluding ortho intramolecular Hbond substituents is 1. The molecular formula is C14H14O2. The summed E-state index contributed by atoms with van der Waals surface area (Å²) in [6.45, 7) is 1.89. The normalized spacial score (nSPS) is 10.4. The second-order valence-electron chi connectivity index (χ2n) is 3.82. The van der Waals surface area contributed by atoms with Crippen LogP contribution in [0.5, 0.6) is 5.75 Å². The average Bonchev–Trinajstić information content (AvgIpc) is 2.32. The molecule has 0 aliphatic rings. The summed E-state index contributed by atoms with van der Waals surface area (Å²) in [6.07, 6.45) is 0. The molecule has 0 saturated heterocycles. The van der Waals surface area contributed by atoms with Crippen molar-refractivity contribution in [2.75, 3.05) is 0 Å². The van der Waals surface area contributed by atoms with E-state index in [1.54, 1.807) is 6.07 Å². The van der Waals surface area contributed by atoms with Crippen LogP contribution in [0.4, 0.5) is 0 Å². The van der Waals surface area contributed by atoms with Crippen LogP contribution in [0.15, 0.2) is 42.5 Å². The zero-order chi connectivity index (χ0) is 11.5. The lowest BCUT2D eigenvalue weighted by atomic mass is 9.98. The van der Waals surface area contributed by atoms with Gasteiger partial charge in [-0.25, -0.2) is 0 Å². The topological polar surface area (TPSA) is 40.5 Å². The third-order valence-electron chi connectivity index (χ3n) is 2.70. The Morgan fingerprint density at radius 2 is 1.81 bits per heavy atom. The zero-order valence-electron chi connectivity index (χ0n) is 9.14. The summed E-state index contributed by atoms with van der Waals surface area (Å²) in [5, 5.41) is 18.7. The predicted octanol–water partition coefficient (Wildman–Crippen LogP) is 2.86. The molecule has 16 heavy (non-hydrogen) atoms. The summed E-state index contributed by atoms with van der Waals surface area (Å²) in [5.41, 5.74) is 3.76. The van der Waals surface area contributed by atoms with Gasteiger partial charge in [0.2, 0.25) is 0 Å². The highest BCUT2D eigenvalue weighted by atomic mass is 16.3. The minimum atomic E-state index is 0.0239. The molecule has 2 heteroatoms. The van der Waals surface area contributed by atoms with Crippen molar-refractivity contribution in [3.8, 4) is 16.9 Å². The first-order valence-corrected chi connectivity index (χ1v) is 5.21. The molecule has 0 fully saturated rings. The van der Waals surface area contributed by atoms with Crippen LogP contribution >= 0.6 is 0 Å². The smallest absolute Gasteiger partial charge is 0.118 e. The second kappa shape index (κ2) is 4.37. The lowest BCUT2D eigenvalue weighted by Gasteiger charge is -2.08. The molecule has 2 N–H and O–H groups in total. The largest absolute Gasteiger partial charge is 0.508 e. The zero-order valence-corrected chi connectivity index (χ0v) is 9.14. The molecule has 0 aromatic heterocycles. The van der Waals surface area contributed by atoms with E-state index in [2.05, 4.69) is 0 Å². The molecule has 2 rings (SSSR count). The van der Waals surface area contributed by atoms with E-state index >= 15 is 0 Å². The number of phenols is 1. The summed E-state index contributed by atoms with van der Waals surface area (Å²) in [6, 6.07) is 13.2. The molecule has 0 spiro atoms. The van der Waals surface area contributed by atoms with Gasteiger partial charge in [-0.1, -0.05) is 30.3 Å². The average molecular weight is 214 g/mol. The standard InChI is InChI=1S/C14H14O2/c1-10-8-11(6-7-14(10)16)13-5-3-2-4-12(13)9-15/h2-8,15-16H,9H2,1H3. The number of aryl methyl sites for hydroxylation is 1. The molecule has 0 heterocycles. The lowest BCUT2D eigenvalue weighted by Crippen LogP contribution is -1.89. The lowest BCUT2D eigenvalue weighted by molar-refractivity contribution is 0.282. The van der Waals surface area contributed by atoms with Crippen molar-refractivity contribution in [2.45, 2.75) is 13.5 Å². The SMILES string of the molecule is Cc1cc(-c2ccccc2CO)ccc1O. The van der Waals surface area contributed by atoms with Gasteiger partial charge in [-0.15, -0.1) is 0 Å². The van der Waals surface area contributed by atoms with Gasteiger partial charge in [0.25, 0.3) is 0 Å². The van der Waals surface area contributed by atoms with E-state index in [4.69, 9.17) is 0 Å². The van der Waals surface area contributed by atoms with Crippen LogP contribution in [0.25, 0.3) is 11.1 Å². The number of rotatable bonds is 2. The van der Waals surface area contributed by atoms with Crippen LogP contribution in [-0.4, -0.2) is 10.2 Å². The highest BCUT2D eigenvalue weighted by molar-refractivity contribution is 5.68. The Hall–Kier alpha value is -1.80. The predicted molar refractivity (Wildman–Crippen MR) is 64.2 cm³/mol. The van der Waals surface area contributed by atoms with Gasteiger partial charge >= 0.3 is 0 Å². The fourth-order valence-electron chi connectivity index (χ4n) is 1.76. The first-order chi connectivity index (χ1) is 7.72. The number of aliphatic hydroxyl groups is 1. The first-order valence-electron chi connectivity index (χ1n) is 5.21. The molecule has 0 bridgehead atoms. The maximum absolute atomic E-state index is 9.47. The first kappa shape index (κ1) is 10.7. The van der Waals surface area contributed by atoms with E-state index in [1.165, 1.54) is 0 Å². The van der Waals surface area contributed by atoms with E-state index < -0.39 is 0 Å². The van der Waals surface area contributed by atoms with Crippen LogP contribution in [-0.2, 0) is 6.61 Å². The number of benzene rings is 2.